The summed E-state index contributed by atoms with van der Waals surface area (Å²) in [5, 5.41) is 3.05. The molecular formula is C13H26N2O. The van der Waals surface area contributed by atoms with Crippen molar-refractivity contribution in [3.63, 3.8) is 0 Å². The second kappa shape index (κ2) is 6.24. The van der Waals surface area contributed by atoms with Gasteiger partial charge in [0.15, 0.2) is 0 Å². The van der Waals surface area contributed by atoms with Gasteiger partial charge in [-0.05, 0) is 30.6 Å². The summed E-state index contributed by atoms with van der Waals surface area (Å²) in [6.07, 6.45) is 6.87. The maximum absolute atomic E-state index is 11.4. The van der Waals surface area contributed by atoms with E-state index in [9.17, 15) is 4.79 Å². The summed E-state index contributed by atoms with van der Waals surface area (Å²) >= 11 is 0. The van der Waals surface area contributed by atoms with E-state index in [0.717, 1.165) is 6.54 Å². The molecule has 0 unspecified atom stereocenters. The molecule has 1 rings (SSSR count). The summed E-state index contributed by atoms with van der Waals surface area (Å²) in [7, 11) is 0. The van der Waals surface area contributed by atoms with Crippen LogP contribution in [0.2, 0.25) is 0 Å². The van der Waals surface area contributed by atoms with Gasteiger partial charge >= 0.3 is 0 Å². The molecule has 0 saturated heterocycles. The first-order valence-electron chi connectivity index (χ1n) is 6.55. The Hall–Kier alpha value is -0.570. The molecule has 16 heavy (non-hydrogen) atoms. The van der Waals surface area contributed by atoms with E-state index in [1.54, 1.807) is 0 Å². The fourth-order valence-corrected chi connectivity index (χ4v) is 2.95. The molecule has 3 N–H and O–H groups in total. The Kier molecular flexibility index (Phi) is 5.26. The summed E-state index contributed by atoms with van der Waals surface area (Å²) < 4.78 is 0. The SMILES string of the molecule is CC(C)CC1(CNC(=O)CCN)CCCC1. The van der Waals surface area contributed by atoms with E-state index in [0.29, 0.717) is 24.3 Å². The van der Waals surface area contributed by atoms with E-state index >= 15 is 0 Å². The van der Waals surface area contributed by atoms with E-state index in [1.165, 1.54) is 32.1 Å². The fourth-order valence-electron chi connectivity index (χ4n) is 2.95. The van der Waals surface area contributed by atoms with Crippen molar-refractivity contribution in [3.8, 4) is 0 Å². The minimum atomic E-state index is 0.109. The molecular weight excluding hydrogens is 200 g/mol. The van der Waals surface area contributed by atoms with Gasteiger partial charge in [0.1, 0.15) is 0 Å². The fraction of sp³-hybridized carbons (Fsp3) is 0.923. The molecule has 1 fully saturated rings. The molecule has 0 aromatic heterocycles. The van der Waals surface area contributed by atoms with Crippen molar-refractivity contribution in [2.75, 3.05) is 13.1 Å². The highest BCUT2D eigenvalue weighted by molar-refractivity contribution is 5.76. The molecule has 1 saturated carbocycles. The van der Waals surface area contributed by atoms with Crippen molar-refractivity contribution >= 4 is 5.91 Å². The van der Waals surface area contributed by atoms with Crippen LogP contribution in [-0.2, 0) is 4.79 Å². The maximum Gasteiger partial charge on any atom is 0.221 e. The Balaban J connectivity index is 2.42. The van der Waals surface area contributed by atoms with Crippen molar-refractivity contribution in [1.29, 1.82) is 0 Å². The average Bonchev–Trinajstić information content (AvgIpc) is 2.64. The summed E-state index contributed by atoms with van der Waals surface area (Å²) in [5.74, 6) is 0.821. The Morgan fingerprint density at radius 3 is 2.50 bits per heavy atom. The third-order valence-corrected chi connectivity index (χ3v) is 3.54. The maximum atomic E-state index is 11.4. The molecule has 0 heterocycles. The van der Waals surface area contributed by atoms with Gasteiger partial charge in [-0.25, -0.2) is 0 Å². The highest BCUT2D eigenvalue weighted by Gasteiger charge is 2.34. The van der Waals surface area contributed by atoms with E-state index in [2.05, 4.69) is 19.2 Å². The minimum Gasteiger partial charge on any atom is -0.356 e. The first-order valence-corrected chi connectivity index (χ1v) is 6.55. The molecule has 0 atom stereocenters. The lowest BCUT2D eigenvalue weighted by Crippen LogP contribution is -2.37. The van der Waals surface area contributed by atoms with Crippen molar-refractivity contribution < 1.29 is 4.79 Å². The molecule has 1 amide bonds. The Morgan fingerprint density at radius 1 is 1.38 bits per heavy atom. The summed E-state index contributed by atoms with van der Waals surface area (Å²) in [4.78, 5) is 11.4. The van der Waals surface area contributed by atoms with Crippen LogP contribution in [0.15, 0.2) is 0 Å². The topological polar surface area (TPSA) is 55.1 Å². The minimum absolute atomic E-state index is 0.109. The quantitative estimate of drug-likeness (QED) is 0.728. The van der Waals surface area contributed by atoms with Crippen LogP contribution in [-0.4, -0.2) is 19.0 Å². The number of carbonyl (C=O) groups excluding carboxylic acids is 1. The number of nitrogens with one attached hydrogen (secondary N) is 1. The molecule has 0 aromatic carbocycles. The lowest BCUT2D eigenvalue weighted by Gasteiger charge is -2.31. The van der Waals surface area contributed by atoms with Crippen LogP contribution in [0.5, 0.6) is 0 Å². The average molecular weight is 226 g/mol. The van der Waals surface area contributed by atoms with Gasteiger partial charge in [-0.3, -0.25) is 4.79 Å². The van der Waals surface area contributed by atoms with Crippen LogP contribution in [0.1, 0.15) is 52.4 Å². The van der Waals surface area contributed by atoms with Crippen LogP contribution in [0.25, 0.3) is 0 Å². The van der Waals surface area contributed by atoms with Gasteiger partial charge in [-0.1, -0.05) is 26.7 Å². The Bertz CT molecular complexity index is 220. The van der Waals surface area contributed by atoms with Crippen molar-refractivity contribution in [1.82, 2.24) is 5.32 Å². The molecule has 1 aliphatic carbocycles. The van der Waals surface area contributed by atoms with Gasteiger partial charge in [-0.2, -0.15) is 0 Å². The second-order valence-corrected chi connectivity index (χ2v) is 5.62. The van der Waals surface area contributed by atoms with Crippen LogP contribution >= 0.6 is 0 Å². The molecule has 3 heteroatoms. The number of nitrogens with two attached hydrogens (primary N) is 1. The monoisotopic (exact) mass is 226 g/mol. The molecule has 94 valence electrons. The predicted octanol–water partition coefficient (Wildman–Crippen LogP) is 2.06. The zero-order valence-corrected chi connectivity index (χ0v) is 10.7. The summed E-state index contributed by atoms with van der Waals surface area (Å²) in [6.45, 7) is 5.83. The van der Waals surface area contributed by atoms with E-state index < -0.39 is 0 Å². The van der Waals surface area contributed by atoms with Crippen LogP contribution in [0.4, 0.5) is 0 Å². The number of amides is 1. The smallest absolute Gasteiger partial charge is 0.221 e. The number of hydrogen-bond donors (Lipinski definition) is 2. The van der Waals surface area contributed by atoms with Gasteiger partial charge < -0.3 is 11.1 Å². The van der Waals surface area contributed by atoms with Gasteiger partial charge in [0, 0.05) is 19.5 Å². The Labute approximate surface area is 99.2 Å². The first kappa shape index (κ1) is 13.5. The molecule has 0 bridgehead atoms. The summed E-state index contributed by atoms with van der Waals surface area (Å²) in [5.41, 5.74) is 5.74. The zero-order valence-electron chi connectivity index (χ0n) is 10.7. The van der Waals surface area contributed by atoms with E-state index in [1.807, 2.05) is 0 Å². The van der Waals surface area contributed by atoms with Gasteiger partial charge in [0.05, 0.1) is 0 Å². The van der Waals surface area contributed by atoms with Gasteiger partial charge in [0.25, 0.3) is 0 Å². The number of carbonyl (C=O) groups is 1. The Morgan fingerprint density at radius 2 is 2.00 bits per heavy atom. The van der Waals surface area contributed by atoms with E-state index in [4.69, 9.17) is 5.73 Å². The largest absolute Gasteiger partial charge is 0.356 e. The van der Waals surface area contributed by atoms with Crippen LogP contribution < -0.4 is 11.1 Å². The standard InChI is InChI=1S/C13H26N2O/c1-11(2)9-13(6-3-4-7-13)10-15-12(16)5-8-14/h11H,3-10,14H2,1-2H3,(H,15,16). The molecule has 0 aromatic rings. The predicted molar refractivity (Wildman–Crippen MR) is 67.0 cm³/mol. The lowest BCUT2D eigenvalue weighted by molar-refractivity contribution is -0.121. The zero-order chi connectivity index (χ0) is 12.0. The van der Waals surface area contributed by atoms with Gasteiger partial charge in [0.2, 0.25) is 5.91 Å². The van der Waals surface area contributed by atoms with Crippen molar-refractivity contribution in [2.24, 2.45) is 17.1 Å². The molecule has 0 aliphatic heterocycles. The second-order valence-electron chi connectivity index (χ2n) is 5.62. The van der Waals surface area contributed by atoms with Gasteiger partial charge in [-0.15, -0.1) is 0 Å². The number of rotatable bonds is 6. The molecule has 0 radical (unpaired) electrons. The summed E-state index contributed by atoms with van der Waals surface area (Å²) in [6, 6.07) is 0. The van der Waals surface area contributed by atoms with Crippen molar-refractivity contribution in [2.45, 2.75) is 52.4 Å². The third-order valence-electron chi connectivity index (χ3n) is 3.54. The number of hydrogen-bond acceptors (Lipinski definition) is 2. The lowest BCUT2D eigenvalue weighted by atomic mass is 9.78. The normalized spacial score (nSPS) is 19.0. The van der Waals surface area contributed by atoms with Crippen LogP contribution in [0, 0.1) is 11.3 Å². The molecule has 1 aliphatic rings. The molecule has 0 spiro atoms. The van der Waals surface area contributed by atoms with Crippen molar-refractivity contribution in [3.05, 3.63) is 0 Å². The highest BCUT2D eigenvalue weighted by atomic mass is 16.1. The third kappa shape index (κ3) is 4.12. The molecule has 3 nitrogen and oxygen atoms in total. The van der Waals surface area contributed by atoms with E-state index in [-0.39, 0.29) is 5.91 Å². The first-order chi connectivity index (χ1) is 7.58. The van der Waals surface area contributed by atoms with Crippen LogP contribution in [0.3, 0.4) is 0 Å². The highest BCUT2D eigenvalue weighted by Crippen LogP contribution is 2.42.